The molecule has 8 nitrogen and oxygen atoms in total. The molecule has 9 heteroatoms. The molecule has 0 spiro atoms. The van der Waals surface area contributed by atoms with Crippen molar-refractivity contribution in [2.45, 2.75) is 11.3 Å². The summed E-state index contributed by atoms with van der Waals surface area (Å²) >= 11 is 1.60. The maximum absolute atomic E-state index is 12.5. The highest BCUT2D eigenvalue weighted by atomic mass is 32.2. The lowest BCUT2D eigenvalue weighted by Gasteiger charge is -2.17. The van der Waals surface area contributed by atoms with Gasteiger partial charge in [0.05, 0.1) is 18.5 Å². The molecule has 0 unspecified atom stereocenters. The van der Waals surface area contributed by atoms with Gasteiger partial charge >= 0.3 is 18.2 Å². The molecule has 0 fully saturated rings. The molecule has 3 aromatic rings. The molecule has 1 N–H and O–H groups in total. The number of para-hydroxylation sites is 1. The SMILES string of the molecule is CN(CCOC(=O)n1cc(CC(=O)O)c2ccccc21)C(=O)OCCSc1ccccc1. The van der Waals surface area contributed by atoms with Crippen molar-refractivity contribution < 1.29 is 29.0 Å². The standard InChI is InChI=1S/C23H24N2O6S/c1-24(22(28)31-13-14-32-18-7-3-2-4-8-18)11-12-30-23(29)25-16-17(15-21(26)27)19-9-5-6-10-20(19)25/h2-10,16H,11-15H2,1H3,(H,26,27). The number of aliphatic carboxylic acids is 1. The number of carbonyl (C=O) groups excluding carboxylic acids is 2. The van der Waals surface area contributed by atoms with Crippen LogP contribution in [0.2, 0.25) is 0 Å². The fourth-order valence-corrected chi connectivity index (χ4v) is 3.80. The Morgan fingerprint density at radius 2 is 1.72 bits per heavy atom. The number of ether oxygens (including phenoxy) is 2. The molecule has 0 bridgehead atoms. The van der Waals surface area contributed by atoms with Crippen LogP contribution in [0.15, 0.2) is 65.7 Å². The van der Waals surface area contributed by atoms with Crippen LogP contribution >= 0.6 is 11.8 Å². The lowest BCUT2D eigenvalue weighted by atomic mass is 10.1. The minimum Gasteiger partial charge on any atom is -0.481 e. The van der Waals surface area contributed by atoms with Crippen LogP contribution in [0.4, 0.5) is 9.59 Å². The third-order valence-electron chi connectivity index (χ3n) is 4.62. The maximum Gasteiger partial charge on any atom is 0.418 e. The first-order valence-corrected chi connectivity index (χ1v) is 11.0. The summed E-state index contributed by atoms with van der Waals surface area (Å²) in [6.07, 6.45) is 0.144. The molecule has 0 atom stereocenters. The first-order valence-electron chi connectivity index (χ1n) is 9.99. The van der Waals surface area contributed by atoms with Gasteiger partial charge in [-0.05, 0) is 23.8 Å². The van der Waals surface area contributed by atoms with E-state index in [0.717, 1.165) is 4.90 Å². The molecule has 3 rings (SSSR count). The van der Waals surface area contributed by atoms with E-state index in [1.807, 2.05) is 30.3 Å². The van der Waals surface area contributed by atoms with Gasteiger partial charge in [0.2, 0.25) is 0 Å². The number of carbonyl (C=O) groups is 3. The second-order valence-corrected chi connectivity index (χ2v) is 8.09. The molecular weight excluding hydrogens is 432 g/mol. The number of thioether (sulfide) groups is 1. The molecule has 2 aromatic carbocycles. The van der Waals surface area contributed by atoms with E-state index in [2.05, 4.69) is 0 Å². The van der Waals surface area contributed by atoms with Gasteiger partial charge in [0.1, 0.15) is 13.2 Å². The van der Waals surface area contributed by atoms with E-state index < -0.39 is 18.2 Å². The van der Waals surface area contributed by atoms with Crippen LogP contribution in [0.25, 0.3) is 10.9 Å². The number of amides is 1. The molecule has 1 heterocycles. The van der Waals surface area contributed by atoms with Gasteiger partial charge in [-0.3, -0.25) is 9.36 Å². The number of nitrogens with zero attached hydrogens (tertiary/aromatic N) is 2. The first kappa shape index (κ1) is 23.2. The number of carboxylic acid groups (broad SMARTS) is 1. The summed E-state index contributed by atoms with van der Waals surface area (Å²) < 4.78 is 11.8. The average Bonchev–Trinajstić information content (AvgIpc) is 3.15. The van der Waals surface area contributed by atoms with Gasteiger partial charge in [0.25, 0.3) is 0 Å². The number of likely N-dealkylation sites (N-methyl/N-ethyl adjacent to an activating group) is 1. The lowest BCUT2D eigenvalue weighted by molar-refractivity contribution is -0.136. The highest BCUT2D eigenvalue weighted by Crippen LogP contribution is 2.22. The molecule has 1 amide bonds. The summed E-state index contributed by atoms with van der Waals surface area (Å²) in [7, 11) is 1.57. The van der Waals surface area contributed by atoms with Crippen LogP contribution in [-0.4, -0.2) is 65.3 Å². The molecule has 0 saturated heterocycles. The lowest BCUT2D eigenvalue weighted by Crippen LogP contribution is -2.32. The Kier molecular flexibility index (Phi) is 8.15. The second kappa shape index (κ2) is 11.2. The molecule has 0 aliphatic carbocycles. The van der Waals surface area contributed by atoms with Crippen LogP contribution in [0.5, 0.6) is 0 Å². The summed E-state index contributed by atoms with van der Waals surface area (Å²) in [5.41, 5.74) is 1.09. The van der Waals surface area contributed by atoms with Crippen molar-refractivity contribution in [3.63, 3.8) is 0 Å². The molecule has 0 saturated carbocycles. The van der Waals surface area contributed by atoms with Gasteiger partial charge < -0.3 is 19.5 Å². The van der Waals surface area contributed by atoms with Crippen LogP contribution in [0, 0.1) is 0 Å². The predicted octanol–water partition coefficient (Wildman–Crippen LogP) is 4.11. The number of hydrogen-bond donors (Lipinski definition) is 1. The van der Waals surface area contributed by atoms with Crippen LogP contribution in [0.1, 0.15) is 5.56 Å². The van der Waals surface area contributed by atoms with Crippen molar-refractivity contribution in [3.05, 3.63) is 66.4 Å². The third-order valence-corrected chi connectivity index (χ3v) is 5.59. The summed E-state index contributed by atoms with van der Waals surface area (Å²) in [5.74, 6) is -0.346. The van der Waals surface area contributed by atoms with Crippen LogP contribution in [-0.2, 0) is 20.7 Å². The molecule has 0 radical (unpaired) electrons. The fraction of sp³-hybridized carbons (Fsp3) is 0.261. The Balaban J connectivity index is 1.45. The van der Waals surface area contributed by atoms with E-state index in [4.69, 9.17) is 14.6 Å². The summed E-state index contributed by atoms with van der Waals surface area (Å²) in [4.78, 5) is 38.1. The predicted molar refractivity (Wildman–Crippen MR) is 121 cm³/mol. The van der Waals surface area contributed by atoms with E-state index in [9.17, 15) is 14.4 Å². The number of carboxylic acids is 1. The topological polar surface area (TPSA) is 98.1 Å². The Bertz CT molecular complexity index is 1080. The summed E-state index contributed by atoms with van der Waals surface area (Å²) in [6.45, 7) is 0.409. The largest absolute Gasteiger partial charge is 0.481 e. The fourth-order valence-electron chi connectivity index (χ4n) is 3.05. The van der Waals surface area contributed by atoms with Gasteiger partial charge in [0.15, 0.2) is 0 Å². The Hall–Kier alpha value is -3.46. The number of hydrogen-bond acceptors (Lipinski definition) is 6. The van der Waals surface area contributed by atoms with E-state index in [1.165, 1.54) is 15.7 Å². The van der Waals surface area contributed by atoms with Crippen molar-refractivity contribution in [3.8, 4) is 0 Å². The van der Waals surface area contributed by atoms with E-state index >= 15 is 0 Å². The van der Waals surface area contributed by atoms with E-state index in [0.29, 0.717) is 22.2 Å². The average molecular weight is 457 g/mol. The highest BCUT2D eigenvalue weighted by Gasteiger charge is 2.17. The zero-order valence-electron chi connectivity index (χ0n) is 17.6. The second-order valence-electron chi connectivity index (χ2n) is 6.92. The zero-order valence-corrected chi connectivity index (χ0v) is 18.4. The maximum atomic E-state index is 12.5. The smallest absolute Gasteiger partial charge is 0.418 e. The van der Waals surface area contributed by atoms with Gasteiger partial charge in [0, 0.05) is 29.3 Å². The van der Waals surface area contributed by atoms with Crippen molar-refractivity contribution in [2.24, 2.45) is 0 Å². The quantitative estimate of drug-likeness (QED) is 0.382. The minimum atomic E-state index is -0.983. The Morgan fingerprint density at radius 3 is 2.47 bits per heavy atom. The zero-order chi connectivity index (χ0) is 22.9. The van der Waals surface area contributed by atoms with Crippen LogP contribution in [0.3, 0.4) is 0 Å². The molecule has 0 aliphatic rings. The minimum absolute atomic E-state index is 0.0238. The van der Waals surface area contributed by atoms with Gasteiger partial charge in [-0.2, -0.15) is 0 Å². The van der Waals surface area contributed by atoms with Gasteiger partial charge in [-0.15, -0.1) is 11.8 Å². The Labute approximate surface area is 189 Å². The van der Waals surface area contributed by atoms with Crippen molar-refractivity contribution >= 4 is 40.8 Å². The summed E-state index contributed by atoms with van der Waals surface area (Å²) in [6, 6.07) is 16.9. The monoisotopic (exact) mass is 456 g/mol. The van der Waals surface area contributed by atoms with Crippen molar-refractivity contribution in [2.75, 3.05) is 32.6 Å². The molecule has 1 aromatic heterocycles. The van der Waals surface area contributed by atoms with Gasteiger partial charge in [-0.1, -0.05) is 36.4 Å². The number of fused-ring (bicyclic) bond motifs is 1. The normalized spacial score (nSPS) is 10.7. The van der Waals surface area contributed by atoms with E-state index in [1.54, 1.807) is 43.1 Å². The third kappa shape index (κ3) is 6.27. The summed E-state index contributed by atoms with van der Waals surface area (Å²) in [5, 5.41) is 9.77. The Morgan fingerprint density at radius 1 is 1.00 bits per heavy atom. The molecule has 0 aliphatic heterocycles. The number of aromatic nitrogens is 1. The van der Waals surface area contributed by atoms with Gasteiger partial charge in [-0.25, -0.2) is 9.59 Å². The molecular formula is C23H24N2O6S. The molecule has 168 valence electrons. The number of rotatable bonds is 9. The first-order chi connectivity index (χ1) is 15.5. The van der Waals surface area contributed by atoms with Crippen LogP contribution < -0.4 is 0 Å². The highest BCUT2D eigenvalue weighted by molar-refractivity contribution is 7.99. The van der Waals surface area contributed by atoms with E-state index in [-0.39, 0.29) is 26.2 Å². The van der Waals surface area contributed by atoms with Crippen molar-refractivity contribution in [1.29, 1.82) is 0 Å². The number of benzene rings is 2. The van der Waals surface area contributed by atoms with Crippen molar-refractivity contribution in [1.82, 2.24) is 9.47 Å². The molecule has 32 heavy (non-hydrogen) atoms.